The van der Waals surface area contributed by atoms with E-state index in [1.807, 2.05) is 59.5 Å². The van der Waals surface area contributed by atoms with Gasteiger partial charge in [-0.3, -0.25) is 0 Å². The molecule has 1 aliphatic heterocycles. The molecular weight excluding hydrogens is 372 g/mol. The molecule has 0 bridgehead atoms. The Balaban J connectivity index is 1.58. The smallest absolute Gasteiger partial charge is 0.323 e. The van der Waals surface area contributed by atoms with E-state index in [-0.39, 0.29) is 11.4 Å². The first-order chi connectivity index (χ1) is 13.7. The van der Waals surface area contributed by atoms with E-state index in [9.17, 15) is 4.79 Å². The molecule has 6 heteroatoms. The predicted molar refractivity (Wildman–Crippen MR) is 114 cm³/mol. The van der Waals surface area contributed by atoms with Crippen LogP contribution in [-0.4, -0.2) is 37.4 Å². The minimum Gasteiger partial charge on any atom is -0.497 e. The first-order valence-corrected chi connectivity index (χ1v) is 10.1. The largest absolute Gasteiger partial charge is 0.497 e. The zero-order valence-electron chi connectivity index (χ0n) is 15.8. The molecule has 3 aromatic rings. The zero-order valence-corrected chi connectivity index (χ0v) is 16.7. The molecule has 0 radical (unpaired) electrons. The Morgan fingerprint density at radius 3 is 2.64 bits per heavy atom. The zero-order chi connectivity index (χ0) is 19.5. The molecule has 5 nitrogen and oxygen atoms in total. The summed E-state index contributed by atoms with van der Waals surface area (Å²) in [5.41, 5.74) is 1.73. The number of hydrogen-bond donors (Lipinski definition) is 1. The summed E-state index contributed by atoms with van der Waals surface area (Å²) in [5.74, 6) is 2.37. The number of nitrogens with zero attached hydrogens (tertiary/aromatic N) is 1. The van der Waals surface area contributed by atoms with Gasteiger partial charge in [-0.25, -0.2) is 4.79 Å². The summed E-state index contributed by atoms with van der Waals surface area (Å²) in [6.45, 7) is 0.676. The van der Waals surface area contributed by atoms with E-state index in [2.05, 4.69) is 11.4 Å². The number of nitrogens with one attached hydrogen (secondary N) is 1. The number of thioether (sulfide) groups is 1. The molecule has 4 rings (SSSR count). The Hall–Kier alpha value is -2.86. The van der Waals surface area contributed by atoms with E-state index in [1.165, 1.54) is 0 Å². The lowest BCUT2D eigenvalue weighted by Gasteiger charge is -2.26. The van der Waals surface area contributed by atoms with Crippen LogP contribution in [0.4, 0.5) is 10.5 Å². The van der Waals surface area contributed by atoms with Crippen LogP contribution in [0.1, 0.15) is 10.9 Å². The van der Waals surface area contributed by atoms with E-state index in [0.29, 0.717) is 6.54 Å². The minimum atomic E-state index is -0.120. The standard InChI is InChI=1S/C22H22N2O3S/c1-26-18-9-10-20(27-2)19(14-18)21-24(11-12-28-21)22(25)23-17-8-7-15-5-3-4-6-16(15)13-17/h3-10,13-14,21H,11-12H2,1-2H3,(H,23,25). The highest BCUT2D eigenvalue weighted by Gasteiger charge is 2.33. The van der Waals surface area contributed by atoms with Gasteiger partial charge in [0.2, 0.25) is 0 Å². The van der Waals surface area contributed by atoms with Crippen LogP contribution in [-0.2, 0) is 0 Å². The molecule has 1 aliphatic rings. The maximum absolute atomic E-state index is 13.0. The molecule has 0 spiro atoms. The third-order valence-electron chi connectivity index (χ3n) is 4.86. The fourth-order valence-corrected chi connectivity index (χ4v) is 4.70. The molecule has 144 valence electrons. The van der Waals surface area contributed by atoms with Gasteiger partial charge >= 0.3 is 6.03 Å². The van der Waals surface area contributed by atoms with Gasteiger partial charge in [0.15, 0.2) is 0 Å². The van der Waals surface area contributed by atoms with Crippen molar-refractivity contribution in [2.45, 2.75) is 5.37 Å². The Labute approximate surface area is 168 Å². The van der Waals surface area contributed by atoms with Crippen LogP contribution in [0, 0.1) is 0 Å². The first-order valence-electron chi connectivity index (χ1n) is 9.09. The lowest BCUT2D eigenvalue weighted by atomic mass is 10.1. The number of carbonyl (C=O) groups is 1. The number of ether oxygens (including phenoxy) is 2. The van der Waals surface area contributed by atoms with Gasteiger partial charge in [-0.2, -0.15) is 0 Å². The number of fused-ring (bicyclic) bond motifs is 1. The number of carbonyl (C=O) groups excluding carboxylic acids is 1. The van der Waals surface area contributed by atoms with Gasteiger partial charge in [-0.15, -0.1) is 11.8 Å². The van der Waals surface area contributed by atoms with Gasteiger partial charge in [0.1, 0.15) is 16.9 Å². The van der Waals surface area contributed by atoms with E-state index >= 15 is 0 Å². The highest BCUT2D eigenvalue weighted by molar-refractivity contribution is 7.99. The summed E-state index contributed by atoms with van der Waals surface area (Å²) in [6, 6.07) is 19.6. The number of urea groups is 1. The number of methoxy groups -OCH3 is 2. The quantitative estimate of drug-likeness (QED) is 0.666. The van der Waals surface area contributed by atoms with Crippen molar-refractivity contribution < 1.29 is 14.3 Å². The van der Waals surface area contributed by atoms with E-state index < -0.39 is 0 Å². The van der Waals surface area contributed by atoms with Crippen molar-refractivity contribution in [3.05, 3.63) is 66.2 Å². The second-order valence-corrected chi connectivity index (χ2v) is 7.70. The molecule has 1 unspecified atom stereocenters. The van der Waals surface area contributed by atoms with Crippen molar-refractivity contribution in [1.82, 2.24) is 4.90 Å². The molecule has 0 aromatic heterocycles. The second kappa shape index (κ2) is 8.02. The first kappa shape index (κ1) is 18.5. The van der Waals surface area contributed by atoms with Gasteiger partial charge in [0, 0.05) is 23.5 Å². The van der Waals surface area contributed by atoms with Crippen LogP contribution in [0.5, 0.6) is 11.5 Å². The fourth-order valence-electron chi connectivity index (χ4n) is 3.43. The SMILES string of the molecule is COc1ccc(OC)c(C2SCCN2C(=O)Nc2ccc3ccccc3c2)c1. The number of hydrogen-bond acceptors (Lipinski definition) is 4. The van der Waals surface area contributed by atoms with Crippen LogP contribution in [0.3, 0.4) is 0 Å². The highest BCUT2D eigenvalue weighted by Crippen LogP contribution is 2.43. The minimum absolute atomic E-state index is 0.116. The molecule has 1 atom stereocenters. The molecule has 1 saturated heterocycles. The predicted octanol–water partition coefficient (Wildman–Crippen LogP) is 5.14. The topological polar surface area (TPSA) is 50.8 Å². The van der Waals surface area contributed by atoms with Crippen LogP contribution in [0.2, 0.25) is 0 Å². The maximum Gasteiger partial charge on any atom is 0.323 e. The number of benzene rings is 3. The van der Waals surface area contributed by atoms with Crippen molar-refractivity contribution in [1.29, 1.82) is 0 Å². The highest BCUT2D eigenvalue weighted by atomic mass is 32.2. The number of amides is 2. The Morgan fingerprint density at radius 2 is 1.86 bits per heavy atom. The lowest BCUT2D eigenvalue weighted by molar-refractivity contribution is 0.213. The molecule has 0 aliphatic carbocycles. The van der Waals surface area contributed by atoms with E-state index in [0.717, 1.165) is 39.3 Å². The molecule has 2 amide bonds. The van der Waals surface area contributed by atoms with Crippen LogP contribution < -0.4 is 14.8 Å². The normalized spacial score (nSPS) is 16.2. The van der Waals surface area contributed by atoms with Gasteiger partial charge in [-0.1, -0.05) is 30.3 Å². The van der Waals surface area contributed by atoms with Crippen molar-refractivity contribution in [3.63, 3.8) is 0 Å². The molecular formula is C22H22N2O3S. The Morgan fingerprint density at radius 1 is 1.04 bits per heavy atom. The average molecular weight is 394 g/mol. The molecule has 1 fully saturated rings. The van der Waals surface area contributed by atoms with Gasteiger partial charge in [-0.05, 0) is 41.1 Å². The molecule has 1 N–H and O–H groups in total. The molecule has 3 aromatic carbocycles. The van der Waals surface area contributed by atoms with Gasteiger partial charge in [0.25, 0.3) is 0 Å². The van der Waals surface area contributed by atoms with Crippen LogP contribution >= 0.6 is 11.8 Å². The summed E-state index contributed by atoms with van der Waals surface area (Å²) in [7, 11) is 3.28. The number of anilines is 1. The maximum atomic E-state index is 13.0. The van der Waals surface area contributed by atoms with Gasteiger partial charge < -0.3 is 19.7 Å². The lowest BCUT2D eigenvalue weighted by Crippen LogP contribution is -2.34. The summed E-state index contributed by atoms with van der Waals surface area (Å²) in [4.78, 5) is 14.9. The van der Waals surface area contributed by atoms with Crippen molar-refractivity contribution in [3.8, 4) is 11.5 Å². The molecule has 1 heterocycles. The summed E-state index contributed by atoms with van der Waals surface area (Å²) >= 11 is 1.72. The van der Waals surface area contributed by atoms with Crippen molar-refractivity contribution >= 4 is 34.3 Å². The molecule has 0 saturated carbocycles. The van der Waals surface area contributed by atoms with Crippen LogP contribution in [0.15, 0.2) is 60.7 Å². The van der Waals surface area contributed by atoms with Crippen molar-refractivity contribution in [2.24, 2.45) is 0 Å². The third-order valence-corrected chi connectivity index (χ3v) is 6.10. The van der Waals surface area contributed by atoms with Crippen LogP contribution in [0.25, 0.3) is 10.8 Å². The van der Waals surface area contributed by atoms with Gasteiger partial charge in [0.05, 0.1) is 14.2 Å². The van der Waals surface area contributed by atoms with E-state index in [1.54, 1.807) is 26.0 Å². The van der Waals surface area contributed by atoms with E-state index in [4.69, 9.17) is 9.47 Å². The van der Waals surface area contributed by atoms with Crippen molar-refractivity contribution in [2.75, 3.05) is 31.8 Å². The average Bonchev–Trinajstić information content (AvgIpc) is 3.23. The Kier molecular flexibility index (Phi) is 5.30. The monoisotopic (exact) mass is 394 g/mol. The summed E-state index contributed by atoms with van der Waals surface area (Å²) in [5, 5.41) is 5.17. The Bertz CT molecular complexity index is 1010. The fraction of sp³-hybridized carbons (Fsp3) is 0.227. The summed E-state index contributed by atoms with van der Waals surface area (Å²) in [6.07, 6.45) is 0. The third kappa shape index (κ3) is 3.60. The molecule has 28 heavy (non-hydrogen) atoms. The number of rotatable bonds is 4. The second-order valence-electron chi connectivity index (χ2n) is 6.52. The summed E-state index contributed by atoms with van der Waals surface area (Å²) < 4.78 is 10.9.